The Morgan fingerprint density at radius 3 is 2.31 bits per heavy atom. The number of carbonyl (C=O) groups is 3. The van der Waals surface area contributed by atoms with Crippen LogP contribution in [0.3, 0.4) is 0 Å². The van der Waals surface area contributed by atoms with Crippen molar-refractivity contribution < 1.29 is 19.1 Å². The van der Waals surface area contributed by atoms with E-state index < -0.39 is 11.0 Å². The van der Waals surface area contributed by atoms with E-state index in [1.807, 2.05) is 43.3 Å². The molecule has 1 unspecified atom stereocenters. The third-order valence-electron chi connectivity index (χ3n) is 8.67. The van der Waals surface area contributed by atoms with Crippen molar-refractivity contribution in [1.82, 2.24) is 9.80 Å². The van der Waals surface area contributed by atoms with Crippen molar-refractivity contribution >= 4 is 23.5 Å². The van der Waals surface area contributed by atoms with Crippen LogP contribution in [0.1, 0.15) is 53.6 Å². The number of fused-ring (bicyclic) bond motifs is 2. The molecule has 36 heavy (non-hydrogen) atoms. The highest BCUT2D eigenvalue weighted by atomic mass is 16.6. The minimum Gasteiger partial charge on any atom is -0.449 e. The van der Waals surface area contributed by atoms with Gasteiger partial charge in [0.1, 0.15) is 0 Å². The third kappa shape index (κ3) is 3.59. The summed E-state index contributed by atoms with van der Waals surface area (Å²) in [5.74, 6) is 0.193. The third-order valence-corrected chi connectivity index (χ3v) is 8.67. The van der Waals surface area contributed by atoms with Gasteiger partial charge in [-0.25, -0.2) is 4.79 Å². The Labute approximate surface area is 212 Å². The lowest BCUT2D eigenvalue weighted by Crippen LogP contribution is -2.41. The van der Waals surface area contributed by atoms with Crippen LogP contribution in [0.5, 0.6) is 0 Å². The van der Waals surface area contributed by atoms with Gasteiger partial charge in [0.25, 0.3) is 0 Å². The van der Waals surface area contributed by atoms with Crippen molar-refractivity contribution in [2.24, 2.45) is 5.92 Å². The fraction of sp³-hybridized carbons (Fsp3) is 0.483. The predicted molar refractivity (Wildman–Crippen MR) is 136 cm³/mol. The second kappa shape index (κ2) is 8.36. The molecule has 3 aliphatic heterocycles. The molecular formula is C29H33N3O4. The van der Waals surface area contributed by atoms with Gasteiger partial charge < -0.3 is 19.4 Å². The first kappa shape index (κ1) is 23.1. The van der Waals surface area contributed by atoms with E-state index in [1.165, 1.54) is 0 Å². The maximum absolute atomic E-state index is 13.7. The quantitative estimate of drug-likeness (QED) is 0.619. The second-order valence-electron chi connectivity index (χ2n) is 11.0. The van der Waals surface area contributed by atoms with Gasteiger partial charge in [0.05, 0.1) is 17.5 Å². The first-order valence-corrected chi connectivity index (χ1v) is 13.0. The van der Waals surface area contributed by atoms with Crippen LogP contribution in [-0.2, 0) is 25.3 Å². The summed E-state index contributed by atoms with van der Waals surface area (Å²) in [5.41, 5.74) is 2.58. The van der Waals surface area contributed by atoms with Crippen LogP contribution in [0.25, 0.3) is 0 Å². The highest BCUT2D eigenvalue weighted by molar-refractivity contribution is 5.96. The normalized spacial score (nSPS) is 24.6. The van der Waals surface area contributed by atoms with Crippen molar-refractivity contribution in [2.75, 3.05) is 45.2 Å². The molecule has 188 valence electrons. The molecule has 2 aromatic carbocycles. The fourth-order valence-corrected chi connectivity index (χ4v) is 6.40. The molecule has 2 saturated heterocycles. The van der Waals surface area contributed by atoms with E-state index in [4.69, 9.17) is 4.74 Å². The number of anilines is 1. The zero-order chi connectivity index (χ0) is 25.1. The molecule has 1 aliphatic carbocycles. The molecule has 7 heteroatoms. The number of hydrogen-bond donors (Lipinski definition) is 0. The lowest BCUT2D eigenvalue weighted by molar-refractivity contribution is -0.134. The number of piperidine rings is 1. The summed E-state index contributed by atoms with van der Waals surface area (Å²) in [6, 6.07) is 16.0. The average Bonchev–Trinajstić information content (AvgIpc) is 3.54. The van der Waals surface area contributed by atoms with Crippen LogP contribution in [0.15, 0.2) is 48.5 Å². The lowest BCUT2D eigenvalue weighted by atomic mass is 9.91. The molecule has 3 heterocycles. The molecule has 7 nitrogen and oxygen atoms in total. The van der Waals surface area contributed by atoms with Gasteiger partial charge in [-0.15, -0.1) is 0 Å². The topological polar surface area (TPSA) is 70.2 Å². The van der Waals surface area contributed by atoms with E-state index in [0.717, 1.165) is 55.6 Å². The summed E-state index contributed by atoms with van der Waals surface area (Å²) in [5, 5.41) is 0. The molecule has 0 radical (unpaired) electrons. The lowest BCUT2D eigenvalue weighted by Gasteiger charge is -2.34. The predicted octanol–water partition coefficient (Wildman–Crippen LogP) is 3.32. The van der Waals surface area contributed by atoms with Crippen molar-refractivity contribution in [1.29, 1.82) is 0 Å². The molecule has 1 spiro atoms. The van der Waals surface area contributed by atoms with Crippen LogP contribution in [0, 0.1) is 5.92 Å². The average molecular weight is 488 g/mol. The molecule has 0 aromatic heterocycles. The number of esters is 1. The van der Waals surface area contributed by atoms with Gasteiger partial charge in [-0.3, -0.25) is 9.59 Å². The van der Waals surface area contributed by atoms with Crippen molar-refractivity contribution in [3.63, 3.8) is 0 Å². The molecule has 0 N–H and O–H groups in total. The summed E-state index contributed by atoms with van der Waals surface area (Å²) in [6.07, 6.45) is 4.08. The molecule has 6 rings (SSSR count). The molecular weight excluding hydrogens is 454 g/mol. The Kier molecular flexibility index (Phi) is 5.36. The van der Waals surface area contributed by atoms with Crippen molar-refractivity contribution in [2.45, 2.75) is 43.1 Å². The summed E-state index contributed by atoms with van der Waals surface area (Å²) in [4.78, 5) is 44.4. The molecule has 4 aliphatic rings. The molecule has 2 aromatic rings. The minimum absolute atomic E-state index is 0.109. The summed E-state index contributed by atoms with van der Waals surface area (Å²) < 4.78 is 5.86. The largest absolute Gasteiger partial charge is 0.449 e. The van der Waals surface area contributed by atoms with Crippen LogP contribution in [0.2, 0.25) is 0 Å². The number of amides is 2. The SMILES string of the molecule is CN(C)C(=O)C1CCN(c2ccc(C3(C(=O)N4CCC5(C4)OC(=O)c4ccccc45)CC3)cc2)CC1. The first-order chi connectivity index (χ1) is 17.3. The Hall–Kier alpha value is -3.35. The Bertz CT molecular complexity index is 1210. The van der Waals surface area contributed by atoms with Crippen LogP contribution >= 0.6 is 0 Å². The van der Waals surface area contributed by atoms with Crippen LogP contribution in [-0.4, -0.2) is 67.9 Å². The molecule has 1 saturated carbocycles. The van der Waals surface area contributed by atoms with E-state index in [-0.39, 0.29) is 23.7 Å². The number of hydrogen-bond acceptors (Lipinski definition) is 5. The Balaban J connectivity index is 1.13. The number of rotatable bonds is 4. The number of likely N-dealkylation sites (tertiary alicyclic amines) is 1. The van der Waals surface area contributed by atoms with Gasteiger partial charge in [0.15, 0.2) is 5.60 Å². The van der Waals surface area contributed by atoms with Gasteiger partial charge in [-0.2, -0.15) is 0 Å². The van der Waals surface area contributed by atoms with Gasteiger partial charge in [-0.1, -0.05) is 30.3 Å². The van der Waals surface area contributed by atoms with Crippen LogP contribution in [0.4, 0.5) is 5.69 Å². The molecule has 3 fully saturated rings. The monoisotopic (exact) mass is 487 g/mol. The van der Waals surface area contributed by atoms with Gasteiger partial charge in [0, 0.05) is 57.3 Å². The summed E-state index contributed by atoms with van der Waals surface area (Å²) >= 11 is 0. The number of ether oxygens (including phenoxy) is 1. The second-order valence-corrected chi connectivity index (χ2v) is 11.0. The van der Waals surface area contributed by atoms with Crippen molar-refractivity contribution in [3.8, 4) is 0 Å². The van der Waals surface area contributed by atoms with Gasteiger partial charge in [-0.05, 0) is 49.4 Å². The van der Waals surface area contributed by atoms with Gasteiger partial charge in [0.2, 0.25) is 11.8 Å². The highest BCUT2D eigenvalue weighted by Crippen LogP contribution is 2.52. The summed E-state index contributed by atoms with van der Waals surface area (Å²) in [7, 11) is 3.65. The maximum atomic E-state index is 13.7. The zero-order valence-corrected chi connectivity index (χ0v) is 21.0. The fourth-order valence-electron chi connectivity index (χ4n) is 6.40. The van der Waals surface area contributed by atoms with E-state index >= 15 is 0 Å². The standard InChI is InChI=1S/C29H33N3O4/c1-30(2)25(33)20-11-16-31(17-12-20)22-9-7-21(8-10-22)28(13-14-28)27(35)32-18-15-29(19-32)24-6-4-3-5-23(24)26(34)36-29/h3-10,20H,11-19H2,1-2H3. The van der Waals surface area contributed by atoms with Gasteiger partial charge >= 0.3 is 5.97 Å². The smallest absolute Gasteiger partial charge is 0.339 e. The number of nitrogens with zero attached hydrogens (tertiary/aromatic N) is 3. The minimum atomic E-state index is -0.705. The van der Waals surface area contributed by atoms with Crippen molar-refractivity contribution in [3.05, 3.63) is 65.2 Å². The van der Waals surface area contributed by atoms with E-state index in [9.17, 15) is 14.4 Å². The maximum Gasteiger partial charge on any atom is 0.339 e. The first-order valence-electron chi connectivity index (χ1n) is 13.0. The molecule has 1 atom stereocenters. The molecule has 2 amide bonds. The zero-order valence-electron chi connectivity index (χ0n) is 21.0. The highest BCUT2D eigenvalue weighted by Gasteiger charge is 2.57. The number of benzene rings is 2. The Morgan fingerprint density at radius 1 is 0.944 bits per heavy atom. The molecule has 0 bridgehead atoms. The van der Waals surface area contributed by atoms with Crippen LogP contribution < -0.4 is 4.90 Å². The Morgan fingerprint density at radius 2 is 1.64 bits per heavy atom. The number of carbonyl (C=O) groups excluding carboxylic acids is 3. The van der Waals surface area contributed by atoms with E-state index in [2.05, 4.69) is 29.2 Å². The van der Waals surface area contributed by atoms with E-state index in [0.29, 0.717) is 25.1 Å². The van der Waals surface area contributed by atoms with E-state index in [1.54, 1.807) is 4.90 Å². The summed E-state index contributed by atoms with van der Waals surface area (Å²) in [6.45, 7) is 2.75.